The van der Waals surface area contributed by atoms with Crippen molar-refractivity contribution in [2.45, 2.75) is 13.0 Å². The fraction of sp³-hybridized carbons (Fsp3) is 0.364. The minimum Gasteiger partial charge on any atom is -0.497 e. The molecule has 15 heavy (non-hydrogen) atoms. The number of rotatable bonds is 4. The van der Waals surface area contributed by atoms with Gasteiger partial charge in [0.05, 0.1) is 19.8 Å². The fourth-order valence-electron chi connectivity index (χ4n) is 1.34. The minimum absolute atomic E-state index is 0.132. The number of methoxy groups -OCH3 is 1. The van der Waals surface area contributed by atoms with Gasteiger partial charge in [-0.3, -0.25) is 4.79 Å². The van der Waals surface area contributed by atoms with Crippen molar-refractivity contribution in [2.24, 2.45) is 0 Å². The second-order valence-corrected chi connectivity index (χ2v) is 3.21. The molecule has 0 radical (unpaired) electrons. The van der Waals surface area contributed by atoms with Crippen LogP contribution in [0.3, 0.4) is 0 Å². The van der Waals surface area contributed by atoms with Gasteiger partial charge in [0.25, 0.3) is 0 Å². The Balaban J connectivity index is 2.85. The van der Waals surface area contributed by atoms with Gasteiger partial charge in [0.2, 0.25) is 5.91 Å². The molecule has 0 aliphatic carbocycles. The molecule has 2 N–H and O–H groups in total. The Hall–Kier alpha value is -1.55. The standard InChI is InChI=1S/C11H15NO3/c1-8(14)12-11(7-13)9-4-3-5-10(6-9)15-2/h3-6,11,13H,7H2,1-2H3,(H,12,14). The molecule has 1 atom stereocenters. The third-order valence-corrected chi connectivity index (χ3v) is 2.06. The highest BCUT2D eigenvalue weighted by atomic mass is 16.5. The van der Waals surface area contributed by atoms with Crippen molar-refractivity contribution >= 4 is 5.91 Å². The first-order valence-electron chi connectivity index (χ1n) is 4.69. The van der Waals surface area contributed by atoms with Crippen LogP contribution in [0.25, 0.3) is 0 Å². The van der Waals surface area contributed by atoms with Crippen LogP contribution in [0.5, 0.6) is 5.75 Å². The van der Waals surface area contributed by atoms with E-state index in [2.05, 4.69) is 5.32 Å². The number of benzene rings is 1. The summed E-state index contributed by atoms with van der Waals surface area (Å²) in [6, 6.07) is 6.87. The summed E-state index contributed by atoms with van der Waals surface area (Å²) in [6.07, 6.45) is 0. The summed E-state index contributed by atoms with van der Waals surface area (Å²) < 4.78 is 5.06. The van der Waals surface area contributed by atoms with Crippen LogP contribution in [0, 0.1) is 0 Å². The zero-order chi connectivity index (χ0) is 11.3. The molecule has 1 aromatic carbocycles. The number of hydrogen-bond donors (Lipinski definition) is 2. The molecule has 0 spiro atoms. The zero-order valence-electron chi connectivity index (χ0n) is 8.86. The monoisotopic (exact) mass is 209 g/mol. The maximum absolute atomic E-state index is 10.9. The lowest BCUT2D eigenvalue weighted by Gasteiger charge is -2.16. The van der Waals surface area contributed by atoms with Crippen molar-refractivity contribution in [3.8, 4) is 5.75 Å². The van der Waals surface area contributed by atoms with Gasteiger partial charge in [-0.25, -0.2) is 0 Å². The molecular formula is C11H15NO3. The number of hydrogen-bond acceptors (Lipinski definition) is 3. The summed E-state index contributed by atoms with van der Waals surface area (Å²) in [7, 11) is 1.57. The molecular weight excluding hydrogens is 194 g/mol. The van der Waals surface area contributed by atoms with E-state index in [-0.39, 0.29) is 18.6 Å². The van der Waals surface area contributed by atoms with Crippen molar-refractivity contribution in [3.05, 3.63) is 29.8 Å². The van der Waals surface area contributed by atoms with Crippen molar-refractivity contribution in [3.63, 3.8) is 0 Å². The second kappa shape index (κ2) is 5.36. The Morgan fingerprint density at radius 3 is 2.87 bits per heavy atom. The lowest BCUT2D eigenvalue weighted by atomic mass is 10.1. The van der Waals surface area contributed by atoms with Gasteiger partial charge in [0.15, 0.2) is 0 Å². The number of nitrogens with one attached hydrogen (secondary N) is 1. The molecule has 4 nitrogen and oxygen atoms in total. The van der Waals surface area contributed by atoms with Crippen LogP contribution in [0.4, 0.5) is 0 Å². The molecule has 4 heteroatoms. The predicted molar refractivity (Wildman–Crippen MR) is 56.6 cm³/mol. The highest BCUT2D eigenvalue weighted by Crippen LogP contribution is 2.18. The van der Waals surface area contributed by atoms with Crippen LogP contribution in [0.15, 0.2) is 24.3 Å². The van der Waals surface area contributed by atoms with Crippen LogP contribution in [-0.4, -0.2) is 24.7 Å². The lowest BCUT2D eigenvalue weighted by Crippen LogP contribution is -2.28. The molecule has 0 aromatic heterocycles. The van der Waals surface area contributed by atoms with Crippen LogP contribution >= 0.6 is 0 Å². The highest BCUT2D eigenvalue weighted by molar-refractivity contribution is 5.73. The predicted octanol–water partition coefficient (Wildman–Crippen LogP) is 0.865. The average molecular weight is 209 g/mol. The van der Waals surface area contributed by atoms with Crippen LogP contribution < -0.4 is 10.1 Å². The Bertz CT molecular complexity index is 338. The van der Waals surface area contributed by atoms with E-state index in [1.165, 1.54) is 6.92 Å². The number of aliphatic hydroxyl groups excluding tert-OH is 1. The second-order valence-electron chi connectivity index (χ2n) is 3.21. The van der Waals surface area contributed by atoms with Crippen molar-refractivity contribution < 1.29 is 14.6 Å². The summed E-state index contributed by atoms with van der Waals surface area (Å²) >= 11 is 0. The third-order valence-electron chi connectivity index (χ3n) is 2.06. The van der Waals surface area contributed by atoms with Gasteiger partial charge in [-0.05, 0) is 17.7 Å². The first-order valence-corrected chi connectivity index (χ1v) is 4.69. The number of aliphatic hydroxyl groups is 1. The van der Waals surface area contributed by atoms with Crippen LogP contribution in [0.1, 0.15) is 18.5 Å². The number of carbonyl (C=O) groups is 1. The summed E-state index contributed by atoms with van der Waals surface area (Å²) in [5.41, 5.74) is 0.826. The van der Waals surface area contributed by atoms with Gasteiger partial charge in [0.1, 0.15) is 5.75 Å². The Labute approximate surface area is 88.9 Å². The van der Waals surface area contributed by atoms with Gasteiger partial charge >= 0.3 is 0 Å². The van der Waals surface area contributed by atoms with Crippen molar-refractivity contribution in [1.82, 2.24) is 5.32 Å². The van der Waals surface area contributed by atoms with E-state index in [1.807, 2.05) is 18.2 Å². The molecule has 0 saturated carbocycles. The topological polar surface area (TPSA) is 58.6 Å². The number of ether oxygens (including phenoxy) is 1. The first-order chi connectivity index (χ1) is 7.17. The number of amides is 1. The molecule has 0 aliphatic rings. The van der Waals surface area contributed by atoms with E-state index < -0.39 is 0 Å². The average Bonchev–Trinajstić information content (AvgIpc) is 2.25. The lowest BCUT2D eigenvalue weighted by molar-refractivity contribution is -0.120. The molecule has 1 aromatic rings. The van der Waals surface area contributed by atoms with Crippen LogP contribution in [0.2, 0.25) is 0 Å². The Morgan fingerprint density at radius 1 is 1.60 bits per heavy atom. The first kappa shape index (κ1) is 11.5. The molecule has 0 bridgehead atoms. The Kier molecular flexibility index (Phi) is 4.12. The smallest absolute Gasteiger partial charge is 0.217 e. The quantitative estimate of drug-likeness (QED) is 0.773. The van der Waals surface area contributed by atoms with Gasteiger partial charge < -0.3 is 15.2 Å². The van der Waals surface area contributed by atoms with Gasteiger partial charge in [-0.15, -0.1) is 0 Å². The van der Waals surface area contributed by atoms with Gasteiger partial charge in [-0.2, -0.15) is 0 Å². The zero-order valence-corrected chi connectivity index (χ0v) is 8.86. The summed E-state index contributed by atoms with van der Waals surface area (Å²) in [5.74, 6) is 0.535. The van der Waals surface area contributed by atoms with Crippen molar-refractivity contribution in [1.29, 1.82) is 0 Å². The van der Waals surface area contributed by atoms with Crippen molar-refractivity contribution in [2.75, 3.05) is 13.7 Å². The fourth-order valence-corrected chi connectivity index (χ4v) is 1.34. The summed E-state index contributed by atoms with van der Waals surface area (Å²) in [6.45, 7) is 1.29. The maximum atomic E-state index is 10.9. The molecule has 1 amide bonds. The molecule has 1 unspecified atom stereocenters. The van der Waals surface area contributed by atoms with E-state index in [1.54, 1.807) is 13.2 Å². The molecule has 82 valence electrons. The maximum Gasteiger partial charge on any atom is 0.217 e. The molecule has 0 aliphatic heterocycles. The summed E-state index contributed by atoms with van der Waals surface area (Å²) in [5, 5.41) is 11.8. The minimum atomic E-state index is -0.377. The molecule has 0 fully saturated rings. The highest BCUT2D eigenvalue weighted by Gasteiger charge is 2.11. The van der Waals surface area contributed by atoms with Gasteiger partial charge in [-0.1, -0.05) is 12.1 Å². The van der Waals surface area contributed by atoms with Crippen LogP contribution in [-0.2, 0) is 4.79 Å². The normalized spacial score (nSPS) is 11.9. The summed E-state index contributed by atoms with van der Waals surface area (Å²) in [4.78, 5) is 10.9. The van der Waals surface area contributed by atoms with E-state index in [0.29, 0.717) is 5.75 Å². The third kappa shape index (κ3) is 3.25. The number of carbonyl (C=O) groups excluding carboxylic acids is 1. The molecule has 0 saturated heterocycles. The Morgan fingerprint density at radius 2 is 2.33 bits per heavy atom. The molecule has 1 rings (SSSR count). The van der Waals surface area contributed by atoms with E-state index >= 15 is 0 Å². The van der Waals surface area contributed by atoms with E-state index in [0.717, 1.165) is 5.56 Å². The molecule has 0 heterocycles. The SMILES string of the molecule is COc1cccc(C(CO)NC(C)=O)c1. The largest absolute Gasteiger partial charge is 0.497 e. The van der Waals surface area contributed by atoms with E-state index in [4.69, 9.17) is 9.84 Å². The van der Waals surface area contributed by atoms with Gasteiger partial charge in [0, 0.05) is 6.92 Å². The van der Waals surface area contributed by atoms with E-state index in [9.17, 15) is 4.79 Å².